The molecule has 1 heterocycles. The number of aryl methyl sites for hydroxylation is 2. The van der Waals surface area contributed by atoms with Crippen LogP contribution in [0, 0.1) is 0 Å². The second-order valence-corrected chi connectivity index (χ2v) is 8.41. The molecular weight excluding hydrogens is 400 g/mol. The molecule has 1 unspecified atom stereocenters. The van der Waals surface area contributed by atoms with Gasteiger partial charge in [-0.15, -0.1) is 11.3 Å². The highest BCUT2D eigenvalue weighted by molar-refractivity contribution is 9.13. The van der Waals surface area contributed by atoms with Crippen molar-refractivity contribution in [2.75, 3.05) is 0 Å². The number of nitrogens with one attached hydrogen (secondary N) is 1. The molecule has 1 aromatic carbocycles. The fraction of sp³-hybridized carbons (Fsp3) is 0.333. The van der Waals surface area contributed by atoms with E-state index in [1.165, 1.54) is 40.8 Å². The van der Waals surface area contributed by atoms with Gasteiger partial charge in [-0.05, 0) is 80.3 Å². The van der Waals surface area contributed by atoms with Gasteiger partial charge in [0, 0.05) is 9.35 Å². The highest BCUT2D eigenvalue weighted by Gasteiger charge is 2.17. The summed E-state index contributed by atoms with van der Waals surface area (Å²) in [5.41, 5.74) is 7.34. The Balaban J connectivity index is 1.81. The van der Waals surface area contributed by atoms with E-state index in [0.29, 0.717) is 0 Å². The number of hydrazine groups is 1. The van der Waals surface area contributed by atoms with Crippen molar-refractivity contribution in [1.29, 1.82) is 0 Å². The predicted octanol–water partition coefficient (Wildman–Crippen LogP) is 4.51. The van der Waals surface area contributed by atoms with Crippen molar-refractivity contribution < 1.29 is 0 Å². The zero-order valence-electron chi connectivity index (χ0n) is 11.0. The van der Waals surface area contributed by atoms with Gasteiger partial charge in [0.2, 0.25) is 0 Å². The monoisotopic (exact) mass is 414 g/mol. The molecule has 2 aromatic rings. The zero-order chi connectivity index (χ0) is 14.1. The number of thiophene rings is 1. The van der Waals surface area contributed by atoms with Gasteiger partial charge in [-0.1, -0.05) is 18.2 Å². The predicted molar refractivity (Wildman–Crippen MR) is 92.0 cm³/mol. The summed E-state index contributed by atoms with van der Waals surface area (Å²) in [5.74, 6) is 5.75. The van der Waals surface area contributed by atoms with E-state index >= 15 is 0 Å². The van der Waals surface area contributed by atoms with Crippen LogP contribution in [-0.2, 0) is 19.3 Å². The molecule has 20 heavy (non-hydrogen) atoms. The van der Waals surface area contributed by atoms with Crippen LogP contribution < -0.4 is 11.3 Å². The Hall–Kier alpha value is -0.200. The lowest BCUT2D eigenvalue weighted by molar-refractivity contribution is 0.560. The second kappa shape index (κ2) is 6.28. The van der Waals surface area contributed by atoms with Crippen LogP contribution in [0.2, 0.25) is 0 Å². The van der Waals surface area contributed by atoms with E-state index in [-0.39, 0.29) is 6.04 Å². The van der Waals surface area contributed by atoms with Gasteiger partial charge in [0.15, 0.2) is 0 Å². The summed E-state index contributed by atoms with van der Waals surface area (Å²) in [7, 11) is 0. The third kappa shape index (κ3) is 3.02. The molecule has 0 saturated heterocycles. The molecule has 0 fully saturated rings. The average molecular weight is 416 g/mol. The topological polar surface area (TPSA) is 38.0 Å². The van der Waals surface area contributed by atoms with E-state index in [1.807, 2.05) is 0 Å². The van der Waals surface area contributed by atoms with Gasteiger partial charge in [0.25, 0.3) is 0 Å². The molecule has 1 aliphatic rings. The Morgan fingerprint density at radius 3 is 2.70 bits per heavy atom. The second-order valence-electron chi connectivity index (χ2n) is 5.15. The first-order valence-electron chi connectivity index (χ1n) is 6.69. The molecule has 0 bridgehead atoms. The van der Waals surface area contributed by atoms with E-state index in [1.54, 1.807) is 11.3 Å². The number of nitrogens with two attached hydrogens (primary N) is 1. The lowest BCUT2D eigenvalue weighted by atomic mass is 10.0. The standard InChI is InChI=1S/C15H16Br2N2S/c16-12-8-14(20-15(12)17)13(19-18)7-9-4-5-10-2-1-3-11(10)6-9/h4-6,8,13,19H,1-3,7,18H2. The number of halogens is 2. The Bertz CT molecular complexity index is 605. The number of benzene rings is 1. The van der Waals surface area contributed by atoms with Crippen molar-refractivity contribution in [3.05, 3.63) is 54.1 Å². The molecular formula is C15H16Br2N2S. The maximum atomic E-state index is 5.75. The highest BCUT2D eigenvalue weighted by Crippen LogP contribution is 2.36. The maximum absolute atomic E-state index is 5.75. The van der Waals surface area contributed by atoms with Gasteiger partial charge in [-0.2, -0.15) is 0 Å². The van der Waals surface area contributed by atoms with Gasteiger partial charge in [-0.3, -0.25) is 11.3 Å². The minimum Gasteiger partial charge on any atom is -0.271 e. The zero-order valence-corrected chi connectivity index (χ0v) is 14.9. The fourth-order valence-electron chi connectivity index (χ4n) is 2.76. The molecule has 0 spiro atoms. The number of hydrogen-bond donors (Lipinski definition) is 2. The lowest BCUT2D eigenvalue weighted by Gasteiger charge is -2.15. The Labute approximate surface area is 140 Å². The van der Waals surface area contributed by atoms with Gasteiger partial charge in [-0.25, -0.2) is 0 Å². The number of hydrogen-bond acceptors (Lipinski definition) is 3. The fourth-order valence-corrected chi connectivity index (χ4v) is 4.91. The highest BCUT2D eigenvalue weighted by atomic mass is 79.9. The van der Waals surface area contributed by atoms with E-state index in [4.69, 9.17) is 5.84 Å². The van der Waals surface area contributed by atoms with Crippen LogP contribution in [0.15, 0.2) is 32.5 Å². The molecule has 3 N–H and O–H groups in total. The number of fused-ring (bicyclic) bond motifs is 1. The van der Waals surface area contributed by atoms with Crippen LogP contribution in [0.1, 0.15) is 34.0 Å². The van der Waals surface area contributed by atoms with Crippen LogP contribution >= 0.6 is 43.2 Å². The Morgan fingerprint density at radius 1 is 1.20 bits per heavy atom. The smallest absolute Gasteiger partial charge is 0.0843 e. The molecule has 0 amide bonds. The van der Waals surface area contributed by atoms with Crippen molar-refractivity contribution in [3.63, 3.8) is 0 Å². The minimum absolute atomic E-state index is 0.155. The first kappa shape index (κ1) is 14.7. The largest absolute Gasteiger partial charge is 0.271 e. The van der Waals surface area contributed by atoms with Gasteiger partial charge >= 0.3 is 0 Å². The van der Waals surface area contributed by atoms with E-state index in [2.05, 4.69) is 61.6 Å². The first-order chi connectivity index (χ1) is 9.67. The maximum Gasteiger partial charge on any atom is 0.0843 e. The lowest BCUT2D eigenvalue weighted by Crippen LogP contribution is -2.29. The Morgan fingerprint density at radius 2 is 2.00 bits per heavy atom. The van der Waals surface area contributed by atoms with Gasteiger partial charge < -0.3 is 0 Å². The minimum atomic E-state index is 0.155. The molecule has 0 saturated carbocycles. The summed E-state index contributed by atoms with van der Waals surface area (Å²) in [6.45, 7) is 0. The van der Waals surface area contributed by atoms with Gasteiger partial charge in [0.05, 0.1) is 9.83 Å². The first-order valence-corrected chi connectivity index (χ1v) is 9.09. The van der Waals surface area contributed by atoms with Crippen molar-refractivity contribution >= 4 is 43.2 Å². The molecule has 0 aliphatic heterocycles. The van der Waals surface area contributed by atoms with Crippen molar-refractivity contribution in [3.8, 4) is 0 Å². The molecule has 0 radical (unpaired) electrons. The molecule has 5 heteroatoms. The van der Waals surface area contributed by atoms with Gasteiger partial charge in [0.1, 0.15) is 0 Å². The molecule has 1 aromatic heterocycles. The SMILES string of the molecule is NNC(Cc1ccc2c(c1)CCC2)c1cc(Br)c(Br)s1. The van der Waals surface area contributed by atoms with E-state index in [0.717, 1.165) is 14.7 Å². The van der Waals surface area contributed by atoms with Crippen LogP contribution in [0.4, 0.5) is 0 Å². The Kier molecular flexibility index (Phi) is 4.62. The summed E-state index contributed by atoms with van der Waals surface area (Å²) in [6, 6.07) is 9.16. The van der Waals surface area contributed by atoms with Crippen molar-refractivity contribution in [2.24, 2.45) is 5.84 Å². The average Bonchev–Trinajstić information content (AvgIpc) is 3.03. The molecule has 1 atom stereocenters. The van der Waals surface area contributed by atoms with Crippen molar-refractivity contribution in [2.45, 2.75) is 31.7 Å². The molecule has 1 aliphatic carbocycles. The normalized spacial score (nSPS) is 15.3. The van der Waals surface area contributed by atoms with E-state index < -0.39 is 0 Å². The third-order valence-electron chi connectivity index (χ3n) is 3.81. The summed E-state index contributed by atoms with van der Waals surface area (Å²) in [4.78, 5) is 1.24. The summed E-state index contributed by atoms with van der Waals surface area (Å²) in [6.07, 6.45) is 4.67. The summed E-state index contributed by atoms with van der Waals surface area (Å²) in [5, 5.41) is 0. The van der Waals surface area contributed by atoms with Crippen LogP contribution in [0.3, 0.4) is 0 Å². The molecule has 2 nitrogen and oxygen atoms in total. The summed E-state index contributed by atoms with van der Waals surface area (Å²) < 4.78 is 2.20. The quantitative estimate of drug-likeness (QED) is 0.569. The molecule has 106 valence electrons. The van der Waals surface area contributed by atoms with Crippen molar-refractivity contribution in [1.82, 2.24) is 5.43 Å². The molecule has 3 rings (SSSR count). The summed E-state index contributed by atoms with van der Waals surface area (Å²) >= 11 is 8.80. The third-order valence-corrected chi connectivity index (χ3v) is 7.18. The number of rotatable bonds is 4. The van der Waals surface area contributed by atoms with Crippen LogP contribution in [-0.4, -0.2) is 0 Å². The van der Waals surface area contributed by atoms with Crippen LogP contribution in [0.5, 0.6) is 0 Å². The van der Waals surface area contributed by atoms with Crippen LogP contribution in [0.25, 0.3) is 0 Å². The van der Waals surface area contributed by atoms with E-state index in [9.17, 15) is 0 Å².